The van der Waals surface area contributed by atoms with Gasteiger partial charge in [-0.15, -0.1) is 0 Å². The van der Waals surface area contributed by atoms with Gasteiger partial charge in [0.15, 0.2) is 4.67 Å². The molecular weight excluding hydrogens is 366 g/mol. The van der Waals surface area contributed by atoms with Crippen LogP contribution >= 0.6 is 31.9 Å². The van der Waals surface area contributed by atoms with Crippen LogP contribution in [0, 0.1) is 5.92 Å². The smallest absolute Gasteiger partial charge is 0.306 e. The molecule has 4 nitrogen and oxygen atoms in total. The first-order valence-electron chi connectivity index (χ1n) is 5.96. The van der Waals surface area contributed by atoms with Crippen molar-refractivity contribution in [1.29, 1.82) is 0 Å². The lowest BCUT2D eigenvalue weighted by molar-refractivity contribution is -0.143. The quantitative estimate of drug-likeness (QED) is 0.838. The fourth-order valence-corrected chi connectivity index (χ4v) is 2.98. The molecule has 0 aliphatic heterocycles. The molecule has 1 fully saturated rings. The highest BCUT2D eigenvalue weighted by Gasteiger charge is 2.26. The van der Waals surface area contributed by atoms with Crippen LogP contribution in [-0.4, -0.2) is 17.1 Å². The summed E-state index contributed by atoms with van der Waals surface area (Å²) in [4.78, 5) is 11.0. The Morgan fingerprint density at radius 3 is 2.89 bits per heavy atom. The van der Waals surface area contributed by atoms with E-state index in [-0.39, 0.29) is 12.0 Å². The fraction of sp³-hybridized carbons (Fsp3) is 0.583. The van der Waals surface area contributed by atoms with Crippen LogP contribution in [0.1, 0.15) is 31.4 Å². The average Bonchev–Trinajstić information content (AvgIpc) is 2.67. The van der Waals surface area contributed by atoms with Crippen molar-refractivity contribution in [1.82, 2.24) is 5.32 Å². The van der Waals surface area contributed by atoms with Gasteiger partial charge < -0.3 is 14.8 Å². The summed E-state index contributed by atoms with van der Waals surface area (Å²) in [5, 5.41) is 12.4. The molecule has 1 aliphatic carbocycles. The van der Waals surface area contributed by atoms with Gasteiger partial charge in [0.2, 0.25) is 0 Å². The van der Waals surface area contributed by atoms with E-state index in [1.54, 1.807) is 0 Å². The normalized spacial score (nSPS) is 24.1. The summed E-state index contributed by atoms with van der Waals surface area (Å²) in [5.74, 6) is -0.0393. The highest BCUT2D eigenvalue weighted by molar-refractivity contribution is 9.13. The van der Waals surface area contributed by atoms with Gasteiger partial charge in [-0.3, -0.25) is 4.79 Å². The van der Waals surface area contributed by atoms with E-state index in [2.05, 4.69) is 37.2 Å². The molecule has 2 atom stereocenters. The van der Waals surface area contributed by atoms with Crippen molar-refractivity contribution in [2.75, 3.05) is 0 Å². The van der Waals surface area contributed by atoms with E-state index in [4.69, 9.17) is 9.52 Å². The maximum atomic E-state index is 11.0. The minimum atomic E-state index is -0.676. The Morgan fingerprint density at radius 2 is 2.28 bits per heavy atom. The molecular formula is C12H15Br2NO3. The van der Waals surface area contributed by atoms with E-state index in [1.807, 2.05) is 6.07 Å². The topological polar surface area (TPSA) is 62.5 Å². The van der Waals surface area contributed by atoms with Crippen LogP contribution in [0.25, 0.3) is 0 Å². The van der Waals surface area contributed by atoms with Crippen LogP contribution in [0.2, 0.25) is 0 Å². The fourth-order valence-electron chi connectivity index (χ4n) is 2.32. The highest BCUT2D eigenvalue weighted by Crippen LogP contribution is 2.28. The summed E-state index contributed by atoms with van der Waals surface area (Å²) in [6.07, 6.45) is 3.51. The predicted octanol–water partition coefficient (Wildman–Crippen LogP) is 3.54. The molecule has 1 aliphatic rings. The molecule has 0 aromatic carbocycles. The highest BCUT2D eigenvalue weighted by atomic mass is 79.9. The Labute approximate surface area is 122 Å². The first kappa shape index (κ1) is 14.1. The monoisotopic (exact) mass is 379 g/mol. The molecule has 0 amide bonds. The maximum absolute atomic E-state index is 11.0. The first-order chi connectivity index (χ1) is 8.56. The lowest BCUT2D eigenvalue weighted by atomic mass is 9.86. The number of furan rings is 1. The van der Waals surface area contributed by atoms with Crippen molar-refractivity contribution in [2.45, 2.75) is 38.3 Å². The van der Waals surface area contributed by atoms with Gasteiger partial charge in [-0.05, 0) is 57.2 Å². The number of hydrogen-bond donors (Lipinski definition) is 2. The second-order valence-corrected chi connectivity index (χ2v) is 6.19. The second-order valence-electron chi connectivity index (χ2n) is 4.61. The van der Waals surface area contributed by atoms with E-state index in [0.29, 0.717) is 17.6 Å². The summed E-state index contributed by atoms with van der Waals surface area (Å²) in [6, 6.07) is 2.18. The number of aliphatic carboxylic acids is 1. The summed E-state index contributed by atoms with van der Waals surface area (Å²) < 4.78 is 7.05. The van der Waals surface area contributed by atoms with Gasteiger partial charge >= 0.3 is 5.97 Å². The zero-order valence-corrected chi connectivity index (χ0v) is 13.0. The van der Waals surface area contributed by atoms with Crippen LogP contribution in [0.15, 0.2) is 19.6 Å². The molecule has 18 heavy (non-hydrogen) atoms. The lowest BCUT2D eigenvalue weighted by Crippen LogP contribution is -2.35. The van der Waals surface area contributed by atoms with Crippen molar-refractivity contribution >= 4 is 37.8 Å². The Morgan fingerprint density at radius 1 is 1.50 bits per heavy atom. The zero-order valence-electron chi connectivity index (χ0n) is 9.79. The second kappa shape index (κ2) is 6.21. The van der Waals surface area contributed by atoms with Crippen LogP contribution in [0.3, 0.4) is 0 Å². The summed E-state index contributed by atoms with van der Waals surface area (Å²) >= 11 is 6.66. The SMILES string of the molecule is O=C(O)C1CCCC(NCc2cc(Br)c(Br)o2)C1. The molecule has 2 unspecified atom stereocenters. The molecule has 0 spiro atoms. The maximum Gasteiger partial charge on any atom is 0.306 e. The summed E-state index contributed by atoms with van der Waals surface area (Å²) in [5.41, 5.74) is 0. The Bertz CT molecular complexity index is 413. The van der Waals surface area contributed by atoms with Crippen LogP contribution in [0.4, 0.5) is 0 Å². The molecule has 100 valence electrons. The van der Waals surface area contributed by atoms with Gasteiger partial charge in [-0.1, -0.05) is 6.42 Å². The number of hydrogen-bond acceptors (Lipinski definition) is 3. The van der Waals surface area contributed by atoms with Crippen molar-refractivity contribution in [3.05, 3.63) is 21.0 Å². The van der Waals surface area contributed by atoms with Crippen molar-refractivity contribution in [3.63, 3.8) is 0 Å². The van der Waals surface area contributed by atoms with Crippen LogP contribution in [0.5, 0.6) is 0 Å². The molecule has 0 radical (unpaired) electrons. The van der Waals surface area contributed by atoms with E-state index < -0.39 is 5.97 Å². The third-order valence-corrected chi connectivity index (χ3v) is 4.99. The molecule has 2 rings (SSSR count). The number of carboxylic acids is 1. The largest absolute Gasteiger partial charge is 0.481 e. The first-order valence-corrected chi connectivity index (χ1v) is 7.54. The Kier molecular flexibility index (Phi) is 4.86. The lowest BCUT2D eigenvalue weighted by Gasteiger charge is -2.27. The number of rotatable bonds is 4. The number of halogens is 2. The molecule has 1 saturated carbocycles. The zero-order chi connectivity index (χ0) is 13.1. The standard InChI is InChI=1S/C12H15Br2NO3/c13-10-5-9(18-11(10)14)6-15-8-3-1-2-7(4-8)12(16)17/h5,7-8,15H,1-4,6H2,(H,16,17). The molecule has 1 aromatic rings. The van der Waals surface area contributed by atoms with Gasteiger partial charge in [-0.2, -0.15) is 0 Å². The molecule has 6 heteroatoms. The van der Waals surface area contributed by atoms with Gasteiger partial charge in [0.1, 0.15) is 5.76 Å². The number of nitrogens with one attached hydrogen (secondary N) is 1. The van der Waals surface area contributed by atoms with Gasteiger partial charge in [-0.25, -0.2) is 0 Å². The minimum absolute atomic E-state index is 0.202. The minimum Gasteiger partial charge on any atom is -0.481 e. The van der Waals surface area contributed by atoms with E-state index >= 15 is 0 Å². The summed E-state index contributed by atoms with van der Waals surface area (Å²) in [6.45, 7) is 0.626. The van der Waals surface area contributed by atoms with E-state index in [1.165, 1.54) is 0 Å². The molecule has 0 bridgehead atoms. The molecule has 2 N–H and O–H groups in total. The molecule has 1 aromatic heterocycles. The van der Waals surface area contributed by atoms with E-state index in [9.17, 15) is 4.79 Å². The average molecular weight is 381 g/mol. The third-order valence-electron chi connectivity index (χ3n) is 3.28. The molecule has 1 heterocycles. The van der Waals surface area contributed by atoms with Crippen molar-refractivity contribution < 1.29 is 14.3 Å². The van der Waals surface area contributed by atoms with Crippen molar-refractivity contribution in [2.24, 2.45) is 5.92 Å². The van der Waals surface area contributed by atoms with Crippen molar-refractivity contribution in [3.8, 4) is 0 Å². The predicted molar refractivity (Wildman–Crippen MR) is 74.3 cm³/mol. The Balaban J connectivity index is 1.84. The van der Waals surface area contributed by atoms with Gasteiger partial charge in [0.25, 0.3) is 0 Å². The van der Waals surface area contributed by atoms with Gasteiger partial charge in [0, 0.05) is 6.04 Å². The van der Waals surface area contributed by atoms with Crippen LogP contribution in [-0.2, 0) is 11.3 Å². The number of carbonyl (C=O) groups is 1. The summed E-state index contributed by atoms with van der Waals surface area (Å²) in [7, 11) is 0. The van der Waals surface area contributed by atoms with E-state index in [0.717, 1.165) is 29.5 Å². The van der Waals surface area contributed by atoms with Gasteiger partial charge in [0.05, 0.1) is 16.9 Å². The molecule has 0 saturated heterocycles. The Hall–Kier alpha value is -0.330. The number of carboxylic acid groups (broad SMARTS) is 1. The van der Waals surface area contributed by atoms with Crippen LogP contribution < -0.4 is 5.32 Å². The third kappa shape index (κ3) is 3.59.